The Morgan fingerprint density at radius 3 is 1.92 bits per heavy atom. The van der Waals surface area contributed by atoms with E-state index >= 15 is 0 Å². The number of aliphatic hydroxyl groups excluding tert-OH is 1. The summed E-state index contributed by atoms with van der Waals surface area (Å²) in [5.41, 5.74) is 4.70. The fraction of sp³-hybridized carbons (Fsp3) is 0.667. The number of aliphatic carboxylic acids is 1. The van der Waals surface area contributed by atoms with Crippen LogP contribution in [-0.4, -0.2) is 37.9 Å². The predicted octanol–water partition coefficient (Wildman–Crippen LogP) is -4.99. The molecule has 2 atom stereocenters. The smallest absolute Gasteiger partial charge is 1.00 e. The summed E-state index contributed by atoms with van der Waals surface area (Å²) in [6.45, 7) is 0. The van der Waals surface area contributed by atoms with Crippen LogP contribution in [0.25, 0.3) is 0 Å². The number of rotatable bonds is 3. The normalized spacial score (nSPS) is 16.0. The van der Waals surface area contributed by atoms with E-state index in [1.54, 1.807) is 0 Å². The van der Waals surface area contributed by atoms with Gasteiger partial charge in [0.2, 0.25) is 0 Å². The molecule has 0 saturated heterocycles. The maximum Gasteiger partial charge on any atom is 1.00 e. The molecule has 0 aromatic carbocycles. The summed E-state index contributed by atoms with van der Waals surface area (Å²) in [5, 5.41) is 16.6. The Labute approximate surface area is 91.5 Å². The van der Waals surface area contributed by atoms with Gasteiger partial charge in [-0.2, -0.15) is 0 Å². The molecule has 0 bridgehead atoms. The summed E-state index contributed by atoms with van der Waals surface area (Å²) in [4.78, 5) is 26.4. The monoisotopic (exact) mass is 209 g/mol. The summed E-state index contributed by atoms with van der Waals surface area (Å²) in [6.07, 6.45) is 0. The maximum atomic E-state index is 10.2. The Hall–Kier alpha value is 0.540. The topological polar surface area (TPSA) is 141 Å². The number of carbonyl (C=O) groups is 1. The molecule has 0 spiro atoms. The average Bonchev–Trinajstić information content (AvgIpc) is 1.82. The van der Waals surface area contributed by atoms with E-state index in [0.29, 0.717) is 0 Å². The average molecular weight is 209 g/mol. The van der Waals surface area contributed by atoms with Crippen LogP contribution in [0.2, 0.25) is 0 Å². The molecule has 1 unspecified atom stereocenters. The van der Waals surface area contributed by atoms with Crippen molar-refractivity contribution in [1.82, 2.24) is 0 Å². The standard InChI is InChI=1S/C3H8NO6P.Na.H/c4-1(2(5)6)3(7)11(8,9)10;;/h1,3,7H,4H2,(H,5,6)(H2,8,9,10);;/q;+1;-1/t1-,3?;;/m1../s1. The fourth-order valence-electron chi connectivity index (χ4n) is 0.337. The van der Waals surface area contributed by atoms with Gasteiger partial charge in [0.15, 0.2) is 5.85 Å². The second kappa shape index (κ2) is 5.31. The molecule has 0 fully saturated rings. The summed E-state index contributed by atoms with van der Waals surface area (Å²) in [6, 6.07) is -1.96. The SMILES string of the molecule is N[C@H](C(=O)O)C(O)P(=O)(O)O.[H-].[Na+]. The van der Waals surface area contributed by atoms with Crippen molar-refractivity contribution in [2.24, 2.45) is 5.73 Å². The molecule has 0 aliphatic carbocycles. The Kier molecular flexibility index (Phi) is 6.65. The van der Waals surface area contributed by atoms with Crippen LogP contribution in [-0.2, 0) is 9.36 Å². The van der Waals surface area contributed by atoms with Crippen LogP contribution in [0.3, 0.4) is 0 Å². The van der Waals surface area contributed by atoms with Crippen LogP contribution in [0, 0.1) is 0 Å². The largest absolute Gasteiger partial charge is 1.00 e. The first kappa shape index (κ1) is 15.0. The van der Waals surface area contributed by atoms with Gasteiger partial charge >= 0.3 is 43.1 Å². The van der Waals surface area contributed by atoms with Crippen molar-refractivity contribution >= 4 is 13.6 Å². The van der Waals surface area contributed by atoms with Crippen molar-refractivity contribution in [3.8, 4) is 0 Å². The molecule has 0 heterocycles. The summed E-state index contributed by atoms with van der Waals surface area (Å²) in [7, 11) is -4.82. The van der Waals surface area contributed by atoms with E-state index < -0.39 is 25.5 Å². The minimum absolute atomic E-state index is 0. The van der Waals surface area contributed by atoms with Gasteiger partial charge in [-0.3, -0.25) is 9.36 Å². The molecular formula is C3H9NNaO6P. The van der Waals surface area contributed by atoms with Crippen molar-refractivity contribution in [2.45, 2.75) is 11.9 Å². The van der Waals surface area contributed by atoms with E-state index in [1.807, 2.05) is 0 Å². The molecule has 0 amide bonds. The van der Waals surface area contributed by atoms with E-state index in [2.05, 4.69) is 0 Å². The van der Waals surface area contributed by atoms with Gasteiger partial charge in [0.05, 0.1) is 0 Å². The van der Waals surface area contributed by atoms with Gasteiger partial charge in [0.1, 0.15) is 6.04 Å². The molecule has 68 valence electrons. The molecule has 0 aromatic rings. The molecule has 0 saturated carbocycles. The minimum atomic E-state index is -4.82. The molecule has 7 nitrogen and oxygen atoms in total. The van der Waals surface area contributed by atoms with Crippen molar-refractivity contribution in [1.29, 1.82) is 0 Å². The number of carboxylic acids is 1. The van der Waals surface area contributed by atoms with Crippen molar-refractivity contribution in [3.05, 3.63) is 0 Å². The molecule has 0 aliphatic heterocycles. The van der Waals surface area contributed by atoms with Crippen LogP contribution < -0.4 is 35.3 Å². The van der Waals surface area contributed by atoms with Crippen molar-refractivity contribution < 1.29 is 60.3 Å². The molecule has 6 N–H and O–H groups in total. The van der Waals surface area contributed by atoms with E-state index in [1.165, 1.54) is 0 Å². The molecule has 12 heavy (non-hydrogen) atoms. The van der Waals surface area contributed by atoms with Crippen LogP contribution in [0.1, 0.15) is 1.43 Å². The molecule has 0 radical (unpaired) electrons. The first-order valence-corrected chi connectivity index (χ1v) is 4.16. The van der Waals surface area contributed by atoms with Crippen molar-refractivity contribution in [3.63, 3.8) is 0 Å². The third-order valence-electron chi connectivity index (χ3n) is 0.951. The summed E-state index contributed by atoms with van der Waals surface area (Å²) >= 11 is 0. The summed E-state index contributed by atoms with van der Waals surface area (Å²) < 4.78 is 10.2. The van der Waals surface area contributed by atoms with Crippen LogP contribution in [0.15, 0.2) is 0 Å². The fourth-order valence-corrected chi connectivity index (χ4v) is 0.883. The van der Waals surface area contributed by atoms with Gasteiger partial charge in [0.25, 0.3) is 0 Å². The van der Waals surface area contributed by atoms with Gasteiger partial charge in [0, 0.05) is 0 Å². The van der Waals surface area contributed by atoms with Crippen LogP contribution in [0.5, 0.6) is 0 Å². The number of aliphatic hydroxyl groups is 1. The van der Waals surface area contributed by atoms with Crippen molar-refractivity contribution in [2.75, 3.05) is 0 Å². The van der Waals surface area contributed by atoms with E-state index in [0.717, 1.165) is 0 Å². The van der Waals surface area contributed by atoms with Crippen LogP contribution in [0.4, 0.5) is 0 Å². The molecule has 9 heteroatoms. The number of carboxylic acid groups (broad SMARTS) is 1. The van der Waals surface area contributed by atoms with Gasteiger partial charge < -0.3 is 27.2 Å². The second-order valence-electron chi connectivity index (χ2n) is 1.87. The Morgan fingerprint density at radius 1 is 1.50 bits per heavy atom. The third-order valence-corrected chi connectivity index (χ3v) is 1.96. The van der Waals surface area contributed by atoms with E-state index in [-0.39, 0.29) is 31.0 Å². The van der Waals surface area contributed by atoms with Crippen LogP contribution >= 0.6 is 7.60 Å². The van der Waals surface area contributed by atoms with E-state index in [9.17, 15) is 9.36 Å². The molecule has 0 aliphatic rings. The number of hydrogen-bond donors (Lipinski definition) is 5. The number of nitrogens with two attached hydrogens (primary N) is 1. The van der Waals surface area contributed by atoms with Gasteiger partial charge in [-0.1, -0.05) is 0 Å². The van der Waals surface area contributed by atoms with Gasteiger partial charge in [-0.15, -0.1) is 0 Å². The molecule has 0 rings (SSSR count). The van der Waals surface area contributed by atoms with Gasteiger partial charge in [-0.25, -0.2) is 0 Å². The Morgan fingerprint density at radius 2 is 1.83 bits per heavy atom. The van der Waals surface area contributed by atoms with Gasteiger partial charge in [-0.05, 0) is 0 Å². The third kappa shape index (κ3) is 4.54. The minimum Gasteiger partial charge on any atom is -1.00 e. The number of hydrogen-bond acceptors (Lipinski definition) is 4. The zero-order valence-electron chi connectivity index (χ0n) is 7.28. The molecule has 0 aromatic heterocycles. The zero-order valence-corrected chi connectivity index (χ0v) is 9.18. The quantitative estimate of drug-likeness (QED) is 0.231. The first-order valence-electron chi connectivity index (χ1n) is 2.48. The Bertz CT molecular complexity index is 208. The van der Waals surface area contributed by atoms with E-state index in [4.69, 9.17) is 25.7 Å². The molecular weight excluding hydrogens is 200 g/mol. The second-order valence-corrected chi connectivity index (χ2v) is 3.57. The predicted molar refractivity (Wildman–Crippen MR) is 34.8 cm³/mol. The first-order chi connectivity index (χ1) is 4.76. The Balaban J connectivity index is -0.000000500. The summed E-state index contributed by atoms with van der Waals surface area (Å²) in [5.74, 6) is -4.01. The maximum absolute atomic E-state index is 10.2. The zero-order chi connectivity index (χ0) is 9.23.